The quantitative estimate of drug-likeness (QED) is 0.547. The highest BCUT2D eigenvalue weighted by molar-refractivity contribution is 7.15. The lowest BCUT2D eigenvalue weighted by Crippen LogP contribution is -2.23. The van der Waals surface area contributed by atoms with Gasteiger partial charge in [-0.15, -0.1) is 5.10 Å². The van der Waals surface area contributed by atoms with E-state index < -0.39 is 0 Å². The van der Waals surface area contributed by atoms with Crippen molar-refractivity contribution in [3.63, 3.8) is 0 Å². The fourth-order valence-corrected chi connectivity index (χ4v) is 3.83. The summed E-state index contributed by atoms with van der Waals surface area (Å²) in [6.07, 6.45) is 1.82. The fraction of sp³-hybridized carbons (Fsp3) is 0.105. The van der Waals surface area contributed by atoms with Gasteiger partial charge in [-0.25, -0.2) is 0 Å². The van der Waals surface area contributed by atoms with Crippen LogP contribution in [-0.4, -0.2) is 21.4 Å². The van der Waals surface area contributed by atoms with Crippen molar-refractivity contribution in [1.29, 1.82) is 0 Å². The van der Waals surface area contributed by atoms with Gasteiger partial charge in [0, 0.05) is 5.56 Å². The molecule has 4 aromatic rings. The smallest absolute Gasteiger partial charge is 0.291 e. The summed E-state index contributed by atoms with van der Waals surface area (Å²) in [5, 5.41) is 4.40. The third kappa shape index (κ3) is 2.36. The van der Waals surface area contributed by atoms with Gasteiger partial charge < -0.3 is 9.47 Å². The van der Waals surface area contributed by atoms with Crippen molar-refractivity contribution in [2.75, 3.05) is 6.79 Å². The molecule has 3 heterocycles. The topological polar surface area (TPSA) is 65.7 Å². The Kier molecular flexibility index (Phi) is 3.29. The molecular formula is C19H13N3O3S. The third-order valence-electron chi connectivity index (χ3n) is 4.26. The predicted molar refractivity (Wildman–Crippen MR) is 98.7 cm³/mol. The number of rotatable bonds is 2. The summed E-state index contributed by atoms with van der Waals surface area (Å²) < 4.78 is 12.6. The molecule has 0 N–H and O–H groups in total. The summed E-state index contributed by atoms with van der Waals surface area (Å²) >= 11 is 1.32. The van der Waals surface area contributed by atoms with Crippen LogP contribution in [0.3, 0.4) is 0 Å². The van der Waals surface area contributed by atoms with E-state index in [0.717, 1.165) is 22.4 Å². The highest BCUT2D eigenvalue weighted by Gasteiger charge is 2.15. The lowest BCUT2D eigenvalue weighted by molar-refractivity contribution is 0.174. The van der Waals surface area contributed by atoms with Crippen LogP contribution in [0, 0.1) is 6.92 Å². The van der Waals surface area contributed by atoms with Crippen LogP contribution in [0.5, 0.6) is 11.5 Å². The standard InChI is InChI=1S/C19H13N3O3S/c1-11-4-2-3-5-13(11)17-20-19-22(21-17)18(23)16(26-19)9-12-6-7-14-15(8-12)25-10-24-14/h2-9H,10H2,1H3/b16-9+. The Morgan fingerprint density at radius 3 is 2.85 bits per heavy atom. The van der Waals surface area contributed by atoms with Crippen molar-refractivity contribution in [3.8, 4) is 22.9 Å². The minimum atomic E-state index is -0.171. The maximum absolute atomic E-state index is 12.7. The van der Waals surface area contributed by atoms with Crippen molar-refractivity contribution in [1.82, 2.24) is 14.6 Å². The van der Waals surface area contributed by atoms with E-state index in [1.165, 1.54) is 15.9 Å². The first-order valence-corrected chi connectivity index (χ1v) is 8.88. The molecule has 6 nitrogen and oxygen atoms in total. The molecule has 0 aliphatic carbocycles. The van der Waals surface area contributed by atoms with Gasteiger partial charge >= 0.3 is 0 Å². The summed E-state index contributed by atoms with van der Waals surface area (Å²) in [6.45, 7) is 2.23. The number of fused-ring (bicyclic) bond motifs is 2. The Morgan fingerprint density at radius 1 is 1.15 bits per heavy atom. The lowest BCUT2D eigenvalue weighted by Gasteiger charge is -1.98. The van der Waals surface area contributed by atoms with E-state index in [9.17, 15) is 4.79 Å². The second-order valence-electron chi connectivity index (χ2n) is 5.97. The van der Waals surface area contributed by atoms with Crippen LogP contribution in [0.4, 0.5) is 0 Å². The summed E-state index contributed by atoms with van der Waals surface area (Å²) in [7, 11) is 0. The molecule has 0 amide bonds. The van der Waals surface area contributed by atoms with E-state index in [1.807, 2.05) is 55.5 Å². The van der Waals surface area contributed by atoms with Crippen LogP contribution in [0.1, 0.15) is 11.1 Å². The lowest BCUT2D eigenvalue weighted by atomic mass is 10.1. The zero-order chi connectivity index (χ0) is 17.7. The van der Waals surface area contributed by atoms with E-state index in [-0.39, 0.29) is 12.4 Å². The van der Waals surface area contributed by atoms with Gasteiger partial charge in [0.15, 0.2) is 17.3 Å². The molecule has 0 unspecified atom stereocenters. The van der Waals surface area contributed by atoms with E-state index in [4.69, 9.17) is 9.47 Å². The van der Waals surface area contributed by atoms with Gasteiger partial charge in [0.25, 0.3) is 5.56 Å². The highest BCUT2D eigenvalue weighted by atomic mass is 32.1. The normalized spacial score (nSPS) is 13.7. The van der Waals surface area contributed by atoms with Gasteiger partial charge in [-0.2, -0.15) is 9.50 Å². The summed E-state index contributed by atoms with van der Waals surface area (Å²) in [5.41, 5.74) is 2.71. The fourth-order valence-electron chi connectivity index (χ4n) is 2.93. The first kappa shape index (κ1) is 15.1. The van der Waals surface area contributed by atoms with Crippen LogP contribution >= 0.6 is 11.3 Å². The molecule has 1 aliphatic rings. The Morgan fingerprint density at radius 2 is 2.00 bits per heavy atom. The zero-order valence-electron chi connectivity index (χ0n) is 13.8. The molecule has 0 fully saturated rings. The minimum absolute atomic E-state index is 0.171. The summed E-state index contributed by atoms with van der Waals surface area (Å²) in [6, 6.07) is 13.5. The van der Waals surface area contributed by atoms with Crippen molar-refractivity contribution < 1.29 is 9.47 Å². The molecule has 0 radical (unpaired) electrons. The molecule has 128 valence electrons. The molecule has 0 saturated heterocycles. The number of benzene rings is 2. The second kappa shape index (κ2) is 5.67. The molecule has 26 heavy (non-hydrogen) atoms. The SMILES string of the molecule is Cc1ccccc1-c1nc2s/c(=C/c3ccc4c(c3)OCO4)c(=O)n2n1. The first-order chi connectivity index (χ1) is 12.7. The number of aryl methyl sites for hydroxylation is 1. The summed E-state index contributed by atoms with van der Waals surface area (Å²) in [4.78, 5) is 17.8. The molecule has 0 bridgehead atoms. The third-order valence-corrected chi connectivity index (χ3v) is 5.22. The average Bonchev–Trinajstić information content (AvgIpc) is 3.33. The van der Waals surface area contributed by atoms with Gasteiger partial charge in [-0.05, 0) is 36.3 Å². The van der Waals surface area contributed by atoms with Crippen molar-refractivity contribution in [2.45, 2.75) is 6.92 Å². The maximum atomic E-state index is 12.7. The van der Waals surface area contributed by atoms with Gasteiger partial charge in [0.2, 0.25) is 11.8 Å². The number of ether oxygens (including phenoxy) is 2. The number of hydrogen-bond acceptors (Lipinski definition) is 6. The number of hydrogen-bond donors (Lipinski definition) is 0. The van der Waals surface area contributed by atoms with Gasteiger partial charge in [-0.3, -0.25) is 4.79 Å². The van der Waals surface area contributed by atoms with Crippen LogP contribution < -0.4 is 19.6 Å². The van der Waals surface area contributed by atoms with Gasteiger partial charge in [0.05, 0.1) is 4.53 Å². The summed E-state index contributed by atoms with van der Waals surface area (Å²) in [5.74, 6) is 1.98. The van der Waals surface area contributed by atoms with E-state index >= 15 is 0 Å². The van der Waals surface area contributed by atoms with E-state index in [0.29, 0.717) is 21.1 Å². The molecular weight excluding hydrogens is 350 g/mol. The Bertz CT molecular complexity index is 1260. The predicted octanol–water partition coefficient (Wildman–Crippen LogP) is 2.40. The number of nitrogens with zero attached hydrogens (tertiary/aromatic N) is 3. The van der Waals surface area contributed by atoms with Crippen LogP contribution in [0.15, 0.2) is 47.3 Å². The molecule has 0 saturated carbocycles. The average molecular weight is 363 g/mol. The van der Waals surface area contributed by atoms with Crippen LogP contribution in [0.2, 0.25) is 0 Å². The number of thiazole rings is 1. The Balaban J connectivity index is 1.60. The largest absolute Gasteiger partial charge is 0.454 e. The molecule has 5 rings (SSSR count). The molecule has 0 spiro atoms. The second-order valence-corrected chi connectivity index (χ2v) is 6.98. The van der Waals surface area contributed by atoms with Crippen molar-refractivity contribution in [2.24, 2.45) is 0 Å². The van der Waals surface area contributed by atoms with Gasteiger partial charge in [-0.1, -0.05) is 41.7 Å². The molecule has 2 aromatic carbocycles. The van der Waals surface area contributed by atoms with Gasteiger partial charge in [0.1, 0.15) is 0 Å². The first-order valence-electron chi connectivity index (χ1n) is 8.06. The monoisotopic (exact) mass is 363 g/mol. The Labute approximate surface area is 151 Å². The Hall–Kier alpha value is -3.19. The maximum Gasteiger partial charge on any atom is 0.291 e. The highest BCUT2D eigenvalue weighted by Crippen LogP contribution is 2.32. The molecule has 2 aromatic heterocycles. The molecule has 7 heteroatoms. The zero-order valence-corrected chi connectivity index (χ0v) is 14.6. The van der Waals surface area contributed by atoms with E-state index in [2.05, 4.69) is 10.1 Å². The van der Waals surface area contributed by atoms with Crippen LogP contribution in [-0.2, 0) is 0 Å². The van der Waals surface area contributed by atoms with Crippen molar-refractivity contribution >= 4 is 22.4 Å². The minimum Gasteiger partial charge on any atom is -0.454 e. The molecule has 0 atom stereocenters. The number of aromatic nitrogens is 3. The van der Waals surface area contributed by atoms with E-state index in [1.54, 1.807) is 0 Å². The van der Waals surface area contributed by atoms with Crippen molar-refractivity contribution in [3.05, 3.63) is 68.5 Å². The van der Waals surface area contributed by atoms with Crippen LogP contribution in [0.25, 0.3) is 22.4 Å². The molecule has 1 aliphatic heterocycles.